The van der Waals surface area contributed by atoms with Gasteiger partial charge in [-0.25, -0.2) is 8.42 Å². The van der Waals surface area contributed by atoms with Gasteiger partial charge in [-0.3, -0.25) is 9.59 Å². The van der Waals surface area contributed by atoms with Gasteiger partial charge in [0.05, 0.1) is 18.1 Å². The topological polar surface area (TPSA) is 92.8 Å². The van der Waals surface area contributed by atoms with Crippen LogP contribution in [0.5, 0.6) is 11.5 Å². The summed E-state index contributed by atoms with van der Waals surface area (Å²) in [5.74, 6) is 0.577. The molecule has 2 aromatic rings. The van der Waals surface area contributed by atoms with E-state index in [4.69, 9.17) is 4.74 Å². The van der Waals surface area contributed by atoms with Gasteiger partial charge >= 0.3 is 0 Å². The zero-order valence-corrected chi connectivity index (χ0v) is 17.0. The molecule has 0 spiro atoms. The van der Waals surface area contributed by atoms with Crippen LogP contribution in [0.25, 0.3) is 0 Å². The number of hydrogen-bond acceptors (Lipinski definition) is 5. The lowest BCUT2D eigenvalue weighted by atomic mass is 10.2. The van der Waals surface area contributed by atoms with Crippen molar-refractivity contribution in [2.45, 2.75) is 19.4 Å². The summed E-state index contributed by atoms with van der Waals surface area (Å²) >= 11 is 0. The van der Waals surface area contributed by atoms with Crippen molar-refractivity contribution in [2.75, 3.05) is 24.6 Å². The number of para-hydroxylation sites is 1. The molecule has 0 saturated carbocycles. The molecule has 154 valence electrons. The van der Waals surface area contributed by atoms with Gasteiger partial charge in [0, 0.05) is 18.2 Å². The number of benzene rings is 2. The van der Waals surface area contributed by atoms with Gasteiger partial charge in [0.15, 0.2) is 9.84 Å². The second kappa shape index (κ2) is 9.09. The van der Waals surface area contributed by atoms with E-state index in [1.807, 2.05) is 30.3 Å². The Balaban J connectivity index is 1.63. The summed E-state index contributed by atoms with van der Waals surface area (Å²) < 4.78 is 28.8. The zero-order valence-electron chi connectivity index (χ0n) is 16.2. The van der Waals surface area contributed by atoms with Gasteiger partial charge in [-0.15, -0.1) is 0 Å². The van der Waals surface area contributed by atoms with Crippen molar-refractivity contribution in [3.05, 3.63) is 60.2 Å². The maximum Gasteiger partial charge on any atom is 0.254 e. The minimum Gasteiger partial charge on any atom is -0.457 e. The first-order valence-electron chi connectivity index (χ1n) is 9.48. The Morgan fingerprint density at radius 1 is 1.10 bits per heavy atom. The molecule has 3 rings (SSSR count). The highest BCUT2D eigenvalue weighted by molar-refractivity contribution is 7.91. The quantitative estimate of drug-likeness (QED) is 0.747. The normalized spacial score (nSPS) is 17.5. The first-order chi connectivity index (χ1) is 13.9. The van der Waals surface area contributed by atoms with Crippen LogP contribution < -0.4 is 10.1 Å². The molecule has 2 amide bonds. The number of nitrogens with zero attached hydrogens (tertiary/aromatic N) is 1. The third-order valence-corrected chi connectivity index (χ3v) is 6.43. The summed E-state index contributed by atoms with van der Waals surface area (Å²) in [6, 6.07) is 15.6. The van der Waals surface area contributed by atoms with Gasteiger partial charge in [-0.1, -0.05) is 24.3 Å². The van der Waals surface area contributed by atoms with E-state index in [0.717, 1.165) is 0 Å². The van der Waals surface area contributed by atoms with Crippen molar-refractivity contribution in [1.82, 2.24) is 10.2 Å². The average molecular weight is 416 g/mol. The van der Waals surface area contributed by atoms with Crippen LogP contribution in [0.1, 0.15) is 23.7 Å². The monoisotopic (exact) mass is 416 g/mol. The highest BCUT2D eigenvalue weighted by atomic mass is 32.2. The minimum atomic E-state index is -3.07. The predicted octanol–water partition coefficient (Wildman–Crippen LogP) is 2.24. The Kier molecular flexibility index (Phi) is 6.53. The molecule has 29 heavy (non-hydrogen) atoms. The van der Waals surface area contributed by atoms with Crippen molar-refractivity contribution in [3.63, 3.8) is 0 Å². The molecule has 1 N–H and O–H groups in total. The second-order valence-electron chi connectivity index (χ2n) is 6.93. The maximum atomic E-state index is 12.9. The van der Waals surface area contributed by atoms with Crippen molar-refractivity contribution < 1.29 is 22.7 Å². The molecule has 0 bridgehead atoms. The fourth-order valence-corrected chi connectivity index (χ4v) is 4.86. The lowest BCUT2D eigenvalue weighted by Crippen LogP contribution is -2.44. The lowest BCUT2D eigenvalue weighted by Gasteiger charge is -2.22. The zero-order chi connectivity index (χ0) is 20.9. The number of hydrogen-bond donors (Lipinski definition) is 1. The lowest BCUT2D eigenvalue weighted by molar-refractivity contribution is -0.122. The Labute approximate surface area is 170 Å². The summed E-state index contributed by atoms with van der Waals surface area (Å²) in [6.07, 6.45) is 0.410. The minimum absolute atomic E-state index is 0.0440. The molecule has 0 aromatic heterocycles. The molecule has 1 atom stereocenters. The first kappa shape index (κ1) is 20.9. The molecule has 1 aliphatic heterocycles. The number of nitrogens with one attached hydrogen (secondary N) is 1. The Hall–Kier alpha value is -2.87. The smallest absolute Gasteiger partial charge is 0.254 e. The van der Waals surface area contributed by atoms with Gasteiger partial charge in [0.1, 0.15) is 11.5 Å². The van der Waals surface area contributed by atoms with E-state index < -0.39 is 9.84 Å². The summed E-state index contributed by atoms with van der Waals surface area (Å²) in [5, 5.41) is 2.71. The summed E-state index contributed by atoms with van der Waals surface area (Å²) in [7, 11) is -3.07. The predicted molar refractivity (Wildman–Crippen MR) is 110 cm³/mol. The van der Waals surface area contributed by atoms with Crippen LogP contribution in [0, 0.1) is 0 Å². The summed E-state index contributed by atoms with van der Waals surface area (Å²) in [6.45, 7) is 2.00. The van der Waals surface area contributed by atoms with Gasteiger partial charge in [0.25, 0.3) is 5.91 Å². The number of ether oxygens (including phenoxy) is 1. The molecular formula is C21H24N2O5S. The van der Waals surface area contributed by atoms with Crippen molar-refractivity contribution in [2.24, 2.45) is 0 Å². The first-order valence-corrected chi connectivity index (χ1v) is 11.3. The number of sulfone groups is 1. The molecule has 1 aliphatic rings. The highest BCUT2D eigenvalue weighted by Crippen LogP contribution is 2.22. The summed E-state index contributed by atoms with van der Waals surface area (Å²) in [5.41, 5.74) is 0.413. The molecule has 0 unspecified atom stereocenters. The summed E-state index contributed by atoms with van der Waals surface area (Å²) in [4.78, 5) is 26.6. The number of rotatable bonds is 7. The Bertz CT molecular complexity index is 976. The van der Waals surface area contributed by atoms with Gasteiger partial charge in [-0.05, 0) is 43.7 Å². The molecular weight excluding hydrogens is 392 g/mol. The number of carbonyl (C=O) groups is 2. The Morgan fingerprint density at radius 3 is 2.48 bits per heavy atom. The van der Waals surface area contributed by atoms with Gasteiger partial charge in [-0.2, -0.15) is 0 Å². The van der Waals surface area contributed by atoms with E-state index in [-0.39, 0.29) is 35.9 Å². The van der Waals surface area contributed by atoms with Crippen LogP contribution in [0.4, 0.5) is 0 Å². The van der Waals surface area contributed by atoms with E-state index in [1.165, 1.54) is 4.90 Å². The SMILES string of the molecule is CCN(CC(=O)N[C@H]1CCS(=O)(=O)C1)C(=O)c1cccc(Oc2ccccc2)c1. The van der Waals surface area contributed by atoms with E-state index in [0.29, 0.717) is 30.0 Å². The second-order valence-corrected chi connectivity index (χ2v) is 9.16. The molecule has 1 heterocycles. The molecule has 0 radical (unpaired) electrons. The maximum absolute atomic E-state index is 12.9. The fourth-order valence-electron chi connectivity index (χ4n) is 3.18. The average Bonchev–Trinajstić information content (AvgIpc) is 3.04. The molecule has 7 nitrogen and oxygen atoms in total. The van der Waals surface area contributed by atoms with Crippen LogP contribution in [0.3, 0.4) is 0 Å². The largest absolute Gasteiger partial charge is 0.457 e. The molecule has 0 aliphatic carbocycles. The van der Waals surface area contributed by atoms with Crippen LogP contribution in [0.2, 0.25) is 0 Å². The highest BCUT2D eigenvalue weighted by Gasteiger charge is 2.29. The van der Waals surface area contributed by atoms with E-state index >= 15 is 0 Å². The standard InChI is InChI=1S/C21H24N2O5S/c1-2-23(14-20(24)22-17-11-12-29(26,27)15-17)21(25)16-7-6-10-19(13-16)28-18-8-4-3-5-9-18/h3-10,13,17H,2,11-12,14-15H2,1H3,(H,22,24)/t17-/m0/s1. The van der Waals surface area contributed by atoms with Crippen LogP contribution in [-0.2, 0) is 14.6 Å². The number of amides is 2. The third kappa shape index (κ3) is 5.80. The van der Waals surface area contributed by atoms with Gasteiger partial charge < -0.3 is 15.0 Å². The van der Waals surface area contributed by atoms with Crippen LogP contribution >= 0.6 is 0 Å². The van der Waals surface area contributed by atoms with E-state index in [1.54, 1.807) is 31.2 Å². The van der Waals surface area contributed by atoms with Crippen molar-refractivity contribution in [1.29, 1.82) is 0 Å². The van der Waals surface area contributed by atoms with Crippen LogP contribution in [-0.4, -0.2) is 55.8 Å². The Morgan fingerprint density at radius 2 is 1.83 bits per heavy atom. The molecule has 1 fully saturated rings. The molecule has 8 heteroatoms. The van der Waals surface area contributed by atoms with Crippen LogP contribution in [0.15, 0.2) is 54.6 Å². The van der Waals surface area contributed by atoms with Gasteiger partial charge in [0.2, 0.25) is 5.91 Å². The van der Waals surface area contributed by atoms with Crippen molar-refractivity contribution in [3.8, 4) is 11.5 Å². The van der Waals surface area contributed by atoms with E-state index in [2.05, 4.69) is 5.32 Å². The van der Waals surface area contributed by atoms with E-state index in [9.17, 15) is 18.0 Å². The molecule has 2 aromatic carbocycles. The number of carbonyl (C=O) groups excluding carboxylic acids is 2. The molecule has 1 saturated heterocycles. The van der Waals surface area contributed by atoms with Crippen molar-refractivity contribution >= 4 is 21.7 Å². The number of likely N-dealkylation sites (N-methyl/N-ethyl adjacent to an activating group) is 1. The fraction of sp³-hybridized carbons (Fsp3) is 0.333. The third-order valence-electron chi connectivity index (χ3n) is 4.66.